The SMILES string of the molecule is COc1cc(-c2c(COC(C)=O)c(COC(C)=O)cc3cc(OC)c(OC)cc23)ccn1. The van der Waals surface area contributed by atoms with Crippen LogP contribution in [0.25, 0.3) is 21.9 Å². The zero-order chi connectivity index (χ0) is 23.3. The van der Waals surface area contributed by atoms with Crippen LogP contribution in [0.3, 0.4) is 0 Å². The van der Waals surface area contributed by atoms with E-state index in [1.54, 1.807) is 26.5 Å². The van der Waals surface area contributed by atoms with Crippen LogP contribution in [0.5, 0.6) is 17.4 Å². The second-order valence-electron chi connectivity index (χ2n) is 6.96. The number of carbonyl (C=O) groups is 2. The van der Waals surface area contributed by atoms with Gasteiger partial charge in [-0.15, -0.1) is 0 Å². The third-order valence-electron chi connectivity index (χ3n) is 4.93. The van der Waals surface area contributed by atoms with Crippen LogP contribution in [0.2, 0.25) is 0 Å². The smallest absolute Gasteiger partial charge is 0.302 e. The Hall–Kier alpha value is -3.81. The van der Waals surface area contributed by atoms with Crippen LogP contribution >= 0.6 is 0 Å². The van der Waals surface area contributed by atoms with Crippen LogP contribution in [0.1, 0.15) is 25.0 Å². The number of nitrogens with zero attached hydrogens (tertiary/aromatic N) is 1. The highest BCUT2D eigenvalue weighted by molar-refractivity contribution is 6.01. The average Bonchev–Trinajstić information content (AvgIpc) is 2.79. The topological polar surface area (TPSA) is 93.2 Å². The van der Waals surface area contributed by atoms with Gasteiger partial charge in [0.2, 0.25) is 5.88 Å². The highest BCUT2D eigenvalue weighted by Crippen LogP contribution is 2.41. The molecule has 0 spiro atoms. The van der Waals surface area contributed by atoms with Crippen molar-refractivity contribution in [3.8, 4) is 28.5 Å². The summed E-state index contributed by atoms with van der Waals surface area (Å²) in [4.78, 5) is 27.3. The fourth-order valence-electron chi connectivity index (χ4n) is 3.48. The molecular formula is C24H25NO7. The number of esters is 2. The normalized spacial score (nSPS) is 10.5. The third kappa shape index (κ3) is 4.91. The van der Waals surface area contributed by atoms with E-state index in [9.17, 15) is 9.59 Å². The van der Waals surface area contributed by atoms with Gasteiger partial charge in [-0.05, 0) is 51.7 Å². The van der Waals surface area contributed by atoms with Gasteiger partial charge in [0.15, 0.2) is 11.5 Å². The number of hydrogen-bond acceptors (Lipinski definition) is 8. The summed E-state index contributed by atoms with van der Waals surface area (Å²) in [6, 6.07) is 9.23. The van der Waals surface area contributed by atoms with Crippen molar-refractivity contribution in [2.45, 2.75) is 27.1 Å². The molecule has 0 amide bonds. The Kier molecular flexibility index (Phi) is 7.14. The molecule has 0 atom stereocenters. The first-order valence-electron chi connectivity index (χ1n) is 9.85. The minimum Gasteiger partial charge on any atom is -0.493 e. The van der Waals surface area contributed by atoms with Gasteiger partial charge < -0.3 is 23.7 Å². The Morgan fingerprint density at radius 2 is 1.50 bits per heavy atom. The fraction of sp³-hybridized carbons (Fsp3) is 0.292. The van der Waals surface area contributed by atoms with Gasteiger partial charge in [-0.25, -0.2) is 4.98 Å². The molecule has 8 nitrogen and oxygen atoms in total. The molecule has 3 aromatic rings. The van der Waals surface area contributed by atoms with Crippen molar-refractivity contribution in [1.82, 2.24) is 4.98 Å². The predicted octanol–water partition coefficient (Wildman–Crippen LogP) is 4.05. The van der Waals surface area contributed by atoms with E-state index in [0.29, 0.717) is 28.5 Å². The molecule has 0 bridgehead atoms. The van der Waals surface area contributed by atoms with Gasteiger partial charge in [-0.1, -0.05) is 0 Å². The van der Waals surface area contributed by atoms with Gasteiger partial charge >= 0.3 is 11.9 Å². The first-order valence-corrected chi connectivity index (χ1v) is 9.85. The van der Waals surface area contributed by atoms with E-state index in [2.05, 4.69) is 4.98 Å². The van der Waals surface area contributed by atoms with Crippen LogP contribution in [0, 0.1) is 0 Å². The highest BCUT2D eigenvalue weighted by atomic mass is 16.5. The molecule has 1 heterocycles. The van der Waals surface area contributed by atoms with E-state index >= 15 is 0 Å². The summed E-state index contributed by atoms with van der Waals surface area (Å²) in [6.45, 7) is 2.70. The quantitative estimate of drug-likeness (QED) is 0.485. The van der Waals surface area contributed by atoms with Crippen LogP contribution in [-0.2, 0) is 32.3 Å². The number of hydrogen-bond donors (Lipinski definition) is 0. The van der Waals surface area contributed by atoms with Gasteiger partial charge in [-0.3, -0.25) is 9.59 Å². The lowest BCUT2D eigenvalue weighted by molar-refractivity contribution is -0.143. The van der Waals surface area contributed by atoms with Gasteiger partial charge in [-0.2, -0.15) is 0 Å². The predicted molar refractivity (Wildman–Crippen MR) is 118 cm³/mol. The number of pyridine rings is 1. The number of benzene rings is 2. The zero-order valence-corrected chi connectivity index (χ0v) is 18.7. The number of aromatic nitrogens is 1. The monoisotopic (exact) mass is 439 g/mol. The molecular weight excluding hydrogens is 414 g/mol. The molecule has 0 fully saturated rings. The highest BCUT2D eigenvalue weighted by Gasteiger charge is 2.20. The third-order valence-corrected chi connectivity index (χ3v) is 4.93. The van der Waals surface area contributed by atoms with Crippen LogP contribution < -0.4 is 14.2 Å². The van der Waals surface area contributed by atoms with E-state index in [1.165, 1.54) is 21.0 Å². The first-order chi connectivity index (χ1) is 15.4. The van der Waals surface area contributed by atoms with Crippen molar-refractivity contribution >= 4 is 22.7 Å². The Bertz CT molecular complexity index is 1160. The Morgan fingerprint density at radius 3 is 2.12 bits per heavy atom. The van der Waals surface area contributed by atoms with Crippen molar-refractivity contribution in [2.75, 3.05) is 21.3 Å². The molecule has 0 radical (unpaired) electrons. The molecule has 0 unspecified atom stereocenters. The lowest BCUT2D eigenvalue weighted by Gasteiger charge is -2.20. The van der Waals surface area contributed by atoms with E-state index in [4.69, 9.17) is 23.7 Å². The van der Waals surface area contributed by atoms with Crippen molar-refractivity contribution < 1.29 is 33.3 Å². The Morgan fingerprint density at radius 1 is 0.844 bits per heavy atom. The van der Waals surface area contributed by atoms with E-state index in [1.807, 2.05) is 24.3 Å². The molecule has 168 valence electrons. The molecule has 0 saturated heterocycles. The van der Waals surface area contributed by atoms with E-state index < -0.39 is 11.9 Å². The summed E-state index contributed by atoms with van der Waals surface area (Å²) in [5, 5.41) is 1.67. The van der Waals surface area contributed by atoms with Crippen molar-refractivity contribution in [1.29, 1.82) is 0 Å². The van der Waals surface area contributed by atoms with E-state index in [0.717, 1.165) is 21.9 Å². The van der Waals surface area contributed by atoms with Crippen LogP contribution in [0.4, 0.5) is 0 Å². The molecule has 32 heavy (non-hydrogen) atoms. The van der Waals surface area contributed by atoms with Crippen molar-refractivity contribution in [2.24, 2.45) is 0 Å². The van der Waals surface area contributed by atoms with Gasteiger partial charge in [0.1, 0.15) is 13.2 Å². The second kappa shape index (κ2) is 10.00. The maximum absolute atomic E-state index is 11.6. The van der Waals surface area contributed by atoms with Gasteiger partial charge in [0.25, 0.3) is 0 Å². The minimum absolute atomic E-state index is 0.00378. The molecule has 0 saturated carbocycles. The summed E-state index contributed by atoms with van der Waals surface area (Å²) in [7, 11) is 4.66. The lowest BCUT2D eigenvalue weighted by atomic mass is 9.90. The summed E-state index contributed by atoms with van der Waals surface area (Å²) in [6.07, 6.45) is 1.63. The molecule has 8 heteroatoms. The largest absolute Gasteiger partial charge is 0.493 e. The minimum atomic E-state index is -0.422. The standard InChI is InChI=1S/C24H25NO7/c1-14(26)31-12-18-8-17-9-21(28-3)22(29-4)11-19(17)24(20(18)13-32-15(2)27)16-6-7-25-23(10-16)30-5/h6-11H,12-13H2,1-5H3. The molecule has 3 rings (SSSR count). The molecule has 2 aromatic carbocycles. The fourth-order valence-corrected chi connectivity index (χ4v) is 3.48. The van der Waals surface area contributed by atoms with E-state index in [-0.39, 0.29) is 13.2 Å². The molecule has 0 aliphatic rings. The average molecular weight is 439 g/mol. The molecule has 0 aliphatic carbocycles. The summed E-state index contributed by atoms with van der Waals surface area (Å²) in [5.74, 6) is 0.704. The Labute approximate surface area is 186 Å². The summed E-state index contributed by atoms with van der Waals surface area (Å²) >= 11 is 0. The van der Waals surface area contributed by atoms with Crippen molar-refractivity contribution in [3.63, 3.8) is 0 Å². The van der Waals surface area contributed by atoms with Crippen LogP contribution in [0.15, 0.2) is 36.5 Å². The molecule has 0 N–H and O–H groups in total. The van der Waals surface area contributed by atoms with Crippen molar-refractivity contribution in [3.05, 3.63) is 47.7 Å². The number of ether oxygens (including phenoxy) is 5. The number of rotatable bonds is 8. The lowest BCUT2D eigenvalue weighted by Crippen LogP contribution is -2.08. The molecule has 0 aliphatic heterocycles. The molecule has 1 aromatic heterocycles. The van der Waals surface area contributed by atoms with Crippen LogP contribution in [-0.4, -0.2) is 38.3 Å². The Balaban J connectivity index is 2.38. The summed E-state index contributed by atoms with van der Waals surface area (Å²) in [5.41, 5.74) is 2.98. The van der Waals surface area contributed by atoms with Gasteiger partial charge in [0.05, 0.1) is 21.3 Å². The summed E-state index contributed by atoms with van der Waals surface area (Å²) < 4.78 is 26.9. The zero-order valence-electron chi connectivity index (χ0n) is 18.7. The number of methoxy groups -OCH3 is 3. The first kappa shape index (κ1) is 22.9. The second-order valence-corrected chi connectivity index (χ2v) is 6.96. The number of carbonyl (C=O) groups excluding carboxylic acids is 2. The van der Waals surface area contributed by atoms with Gasteiger partial charge in [0, 0.05) is 31.7 Å². The maximum atomic E-state index is 11.6. The number of fused-ring (bicyclic) bond motifs is 1. The maximum Gasteiger partial charge on any atom is 0.302 e.